The number of anilines is 1. The topological polar surface area (TPSA) is 61.4 Å². The Morgan fingerprint density at radius 3 is 2.76 bits per heavy atom. The van der Waals surface area contributed by atoms with Crippen molar-refractivity contribution in [3.63, 3.8) is 0 Å². The molecule has 1 atom stereocenters. The molecular formula is C19H23N3O2S. The monoisotopic (exact) mass is 357 g/mol. The summed E-state index contributed by atoms with van der Waals surface area (Å²) >= 11 is 1.69. The molecule has 1 fully saturated rings. The van der Waals surface area contributed by atoms with Crippen molar-refractivity contribution in [3.05, 3.63) is 52.2 Å². The molecule has 3 rings (SSSR count). The summed E-state index contributed by atoms with van der Waals surface area (Å²) in [6, 6.07) is 11.7. The molecule has 5 nitrogen and oxygen atoms in total. The Labute approximate surface area is 152 Å². The quantitative estimate of drug-likeness (QED) is 0.799. The zero-order valence-electron chi connectivity index (χ0n) is 14.5. The number of hydrogen-bond donors (Lipinski definition) is 2. The third kappa shape index (κ3) is 4.90. The number of benzene rings is 1. The van der Waals surface area contributed by atoms with Crippen molar-refractivity contribution in [1.82, 2.24) is 10.2 Å². The first-order valence-electron chi connectivity index (χ1n) is 8.47. The van der Waals surface area contributed by atoms with Gasteiger partial charge in [-0.3, -0.25) is 14.5 Å². The Hall–Kier alpha value is -2.18. The van der Waals surface area contributed by atoms with Gasteiger partial charge in [-0.2, -0.15) is 0 Å². The number of carbonyl (C=O) groups is 2. The van der Waals surface area contributed by atoms with Crippen molar-refractivity contribution in [2.24, 2.45) is 0 Å². The van der Waals surface area contributed by atoms with Crippen LogP contribution >= 0.6 is 11.3 Å². The molecule has 1 aliphatic carbocycles. The Morgan fingerprint density at radius 2 is 2.08 bits per heavy atom. The highest BCUT2D eigenvalue weighted by atomic mass is 32.1. The van der Waals surface area contributed by atoms with E-state index in [1.165, 1.54) is 4.88 Å². The van der Waals surface area contributed by atoms with Crippen LogP contribution in [0, 0.1) is 0 Å². The molecule has 1 aromatic heterocycles. The minimum Gasteiger partial charge on any atom is -0.349 e. The molecule has 2 N–H and O–H groups in total. The van der Waals surface area contributed by atoms with Gasteiger partial charge < -0.3 is 10.6 Å². The molecule has 132 valence electrons. The smallest absolute Gasteiger partial charge is 0.251 e. The maximum atomic E-state index is 12.3. The molecule has 0 radical (unpaired) electrons. The Kier molecular flexibility index (Phi) is 5.50. The molecule has 1 saturated carbocycles. The molecule has 1 aliphatic rings. The zero-order valence-corrected chi connectivity index (χ0v) is 15.3. The van der Waals surface area contributed by atoms with Crippen LogP contribution < -0.4 is 10.6 Å². The van der Waals surface area contributed by atoms with Crippen molar-refractivity contribution in [2.45, 2.75) is 31.8 Å². The molecule has 2 amide bonds. The van der Waals surface area contributed by atoms with Gasteiger partial charge in [0.05, 0.1) is 6.54 Å². The highest BCUT2D eigenvalue weighted by Gasteiger charge is 2.24. The summed E-state index contributed by atoms with van der Waals surface area (Å²) < 4.78 is 0. The van der Waals surface area contributed by atoms with E-state index < -0.39 is 0 Å². The predicted molar refractivity (Wildman–Crippen MR) is 101 cm³/mol. The molecule has 6 heteroatoms. The second-order valence-electron chi connectivity index (χ2n) is 6.48. The van der Waals surface area contributed by atoms with Gasteiger partial charge in [0.1, 0.15) is 0 Å². The van der Waals surface area contributed by atoms with E-state index in [2.05, 4.69) is 23.6 Å². The van der Waals surface area contributed by atoms with E-state index >= 15 is 0 Å². The van der Waals surface area contributed by atoms with Crippen molar-refractivity contribution in [2.75, 3.05) is 18.9 Å². The van der Waals surface area contributed by atoms with E-state index in [-0.39, 0.29) is 24.4 Å². The summed E-state index contributed by atoms with van der Waals surface area (Å²) in [7, 11) is 1.93. The fourth-order valence-corrected chi connectivity index (χ4v) is 3.39. The Morgan fingerprint density at radius 1 is 1.28 bits per heavy atom. The van der Waals surface area contributed by atoms with Gasteiger partial charge >= 0.3 is 0 Å². The van der Waals surface area contributed by atoms with Crippen LogP contribution in [-0.2, 0) is 4.79 Å². The molecule has 1 aromatic carbocycles. The predicted octanol–water partition coefficient (Wildman–Crippen LogP) is 3.27. The fourth-order valence-electron chi connectivity index (χ4n) is 2.54. The number of rotatable bonds is 7. The fraction of sp³-hybridized carbons (Fsp3) is 0.368. The first-order chi connectivity index (χ1) is 12.0. The van der Waals surface area contributed by atoms with Gasteiger partial charge in [0.2, 0.25) is 5.91 Å². The maximum Gasteiger partial charge on any atom is 0.251 e. The van der Waals surface area contributed by atoms with Crippen molar-refractivity contribution < 1.29 is 9.59 Å². The van der Waals surface area contributed by atoms with E-state index in [9.17, 15) is 9.59 Å². The van der Waals surface area contributed by atoms with Gasteiger partial charge in [0.15, 0.2) is 0 Å². The highest BCUT2D eigenvalue weighted by molar-refractivity contribution is 7.10. The number of likely N-dealkylation sites (N-methyl/N-ethyl adjacent to an activating group) is 1. The van der Waals surface area contributed by atoms with Crippen LogP contribution in [0.5, 0.6) is 0 Å². The average Bonchev–Trinajstić information content (AvgIpc) is 3.23. The summed E-state index contributed by atoms with van der Waals surface area (Å²) in [4.78, 5) is 27.7. The molecule has 1 heterocycles. The largest absolute Gasteiger partial charge is 0.349 e. The van der Waals surface area contributed by atoms with Crippen LogP contribution in [0.4, 0.5) is 5.69 Å². The summed E-state index contributed by atoms with van der Waals surface area (Å²) in [5.41, 5.74) is 1.22. The lowest BCUT2D eigenvalue weighted by Gasteiger charge is -2.23. The van der Waals surface area contributed by atoms with Crippen LogP contribution in [0.3, 0.4) is 0 Å². The molecular weight excluding hydrogens is 334 g/mol. The lowest BCUT2D eigenvalue weighted by atomic mass is 10.2. The molecule has 0 aliphatic heterocycles. The van der Waals surface area contributed by atoms with E-state index in [4.69, 9.17) is 0 Å². The highest BCUT2D eigenvalue weighted by Crippen LogP contribution is 2.23. The average molecular weight is 357 g/mol. The minimum atomic E-state index is -0.0920. The Bertz CT molecular complexity index is 741. The molecule has 2 aromatic rings. The van der Waals surface area contributed by atoms with E-state index in [0.29, 0.717) is 17.3 Å². The number of amides is 2. The van der Waals surface area contributed by atoms with Crippen molar-refractivity contribution in [1.29, 1.82) is 0 Å². The van der Waals surface area contributed by atoms with Crippen LogP contribution in [-0.4, -0.2) is 36.3 Å². The first kappa shape index (κ1) is 17.6. The molecule has 0 bridgehead atoms. The van der Waals surface area contributed by atoms with Gasteiger partial charge in [0.25, 0.3) is 5.91 Å². The number of thiophene rings is 1. The van der Waals surface area contributed by atoms with Gasteiger partial charge in [-0.05, 0) is 56.5 Å². The lowest BCUT2D eigenvalue weighted by molar-refractivity contribution is -0.117. The molecule has 25 heavy (non-hydrogen) atoms. The second-order valence-corrected chi connectivity index (χ2v) is 7.46. The van der Waals surface area contributed by atoms with Crippen LogP contribution in [0.2, 0.25) is 0 Å². The summed E-state index contributed by atoms with van der Waals surface area (Å²) in [6.07, 6.45) is 2.11. The molecule has 1 unspecified atom stereocenters. The van der Waals surface area contributed by atoms with E-state index in [0.717, 1.165) is 12.8 Å². The lowest BCUT2D eigenvalue weighted by Crippen LogP contribution is -2.32. The van der Waals surface area contributed by atoms with Crippen LogP contribution in [0.25, 0.3) is 0 Å². The summed E-state index contributed by atoms with van der Waals surface area (Å²) in [6.45, 7) is 2.37. The number of nitrogens with one attached hydrogen (secondary N) is 2. The maximum absolute atomic E-state index is 12.3. The molecule has 0 saturated heterocycles. The minimum absolute atomic E-state index is 0.0814. The SMILES string of the molecule is CC(c1cccs1)N(C)CC(=O)Nc1cccc(C(=O)NC2CC2)c1. The van der Waals surface area contributed by atoms with Crippen LogP contribution in [0.15, 0.2) is 41.8 Å². The van der Waals surface area contributed by atoms with Crippen molar-refractivity contribution in [3.8, 4) is 0 Å². The number of nitrogens with zero attached hydrogens (tertiary/aromatic N) is 1. The third-order valence-corrected chi connectivity index (χ3v) is 5.37. The number of carbonyl (C=O) groups excluding carboxylic acids is 2. The third-order valence-electron chi connectivity index (χ3n) is 4.33. The first-order valence-corrected chi connectivity index (χ1v) is 9.35. The van der Waals surface area contributed by atoms with E-state index in [1.807, 2.05) is 23.4 Å². The summed E-state index contributed by atoms with van der Waals surface area (Å²) in [5.74, 6) is -0.173. The van der Waals surface area contributed by atoms with Crippen LogP contribution in [0.1, 0.15) is 41.0 Å². The molecule has 0 spiro atoms. The zero-order chi connectivity index (χ0) is 17.8. The Balaban J connectivity index is 1.56. The second kappa shape index (κ2) is 7.80. The van der Waals surface area contributed by atoms with Gasteiger partial charge in [-0.15, -0.1) is 11.3 Å². The van der Waals surface area contributed by atoms with E-state index in [1.54, 1.807) is 35.6 Å². The standard InChI is InChI=1S/C19H23N3O2S/c1-13(17-7-4-10-25-17)22(2)12-18(23)20-16-6-3-5-14(11-16)19(24)21-15-8-9-15/h3-7,10-11,13,15H,8-9,12H2,1-2H3,(H,20,23)(H,21,24). The van der Waals surface area contributed by atoms with Gasteiger partial charge in [-0.1, -0.05) is 12.1 Å². The van der Waals surface area contributed by atoms with Gasteiger partial charge in [0, 0.05) is 28.2 Å². The normalized spacial score (nSPS) is 15.0. The van der Waals surface area contributed by atoms with Crippen molar-refractivity contribution >= 4 is 28.8 Å². The van der Waals surface area contributed by atoms with Gasteiger partial charge in [-0.25, -0.2) is 0 Å². The summed E-state index contributed by atoms with van der Waals surface area (Å²) in [5, 5.41) is 7.87. The number of hydrogen-bond acceptors (Lipinski definition) is 4.